The van der Waals surface area contributed by atoms with Gasteiger partial charge in [-0.1, -0.05) is 381 Å². The highest BCUT2D eigenvalue weighted by Crippen LogP contribution is 2.45. The smallest absolute Gasteiger partial charge is 0.462 e. The maximum absolute atomic E-state index is 13.2. The predicted molar refractivity (Wildman–Crippen MR) is 437 cm³/mol. The van der Waals surface area contributed by atoms with Gasteiger partial charge in [0.15, 0.2) is 12.2 Å². The SMILES string of the molecule is CCCCCC/C=C\C=C/CCCCCCCC(=O)O[C@H](COC(=O)CCCCCCCCCCC(C)C)COP(=O)(O)OC[C@H](O)COP(=O)(O)OC[C@@H](COC(=O)CCCCCCCCCCCCCCCCC(C)CC)OC(=O)CCCCCCCCCCCCCCCCCCCCC(C)CC. The third-order valence-electron chi connectivity index (χ3n) is 20.5. The average molecular weight is 1550 g/mol. The first-order valence-corrected chi connectivity index (χ1v) is 47.2. The molecule has 0 saturated heterocycles. The molecule has 19 heteroatoms. The zero-order valence-electron chi connectivity index (χ0n) is 69.4. The number of aliphatic hydroxyl groups excluding tert-OH is 1. The van der Waals surface area contributed by atoms with Crippen LogP contribution in [0.5, 0.6) is 0 Å². The topological polar surface area (TPSA) is 237 Å². The number of allylic oxidation sites excluding steroid dienone is 4. The van der Waals surface area contributed by atoms with Gasteiger partial charge >= 0.3 is 39.5 Å². The molecule has 3 N–H and O–H groups in total. The second-order valence-corrected chi connectivity index (χ2v) is 34.5. The molecule has 0 aliphatic carbocycles. The van der Waals surface area contributed by atoms with Crippen LogP contribution in [0.1, 0.15) is 434 Å². The van der Waals surface area contributed by atoms with Crippen molar-refractivity contribution in [1.29, 1.82) is 0 Å². The van der Waals surface area contributed by atoms with Crippen molar-refractivity contribution in [3.63, 3.8) is 0 Å². The lowest BCUT2D eigenvalue weighted by Crippen LogP contribution is -2.30. The van der Waals surface area contributed by atoms with Gasteiger partial charge in [-0.25, -0.2) is 9.13 Å². The normalized spacial score (nSPS) is 14.5. The number of carbonyl (C=O) groups excluding carboxylic acids is 4. The van der Waals surface area contributed by atoms with Crippen molar-refractivity contribution >= 4 is 39.5 Å². The van der Waals surface area contributed by atoms with Crippen molar-refractivity contribution in [2.24, 2.45) is 17.8 Å². The molecule has 0 saturated carbocycles. The molecule has 0 aromatic heterocycles. The summed E-state index contributed by atoms with van der Waals surface area (Å²) < 4.78 is 68.9. The molecule has 626 valence electrons. The van der Waals surface area contributed by atoms with Gasteiger partial charge in [0.25, 0.3) is 0 Å². The van der Waals surface area contributed by atoms with Crippen LogP contribution in [-0.2, 0) is 65.4 Å². The van der Waals surface area contributed by atoms with E-state index in [1.165, 1.54) is 225 Å². The second-order valence-electron chi connectivity index (χ2n) is 31.6. The van der Waals surface area contributed by atoms with Gasteiger partial charge in [0, 0.05) is 25.7 Å². The number of phosphoric ester groups is 2. The molecule has 0 heterocycles. The number of rotatable bonds is 83. The lowest BCUT2D eigenvalue weighted by molar-refractivity contribution is -0.161. The van der Waals surface area contributed by atoms with Gasteiger partial charge in [-0.15, -0.1) is 0 Å². The van der Waals surface area contributed by atoms with Gasteiger partial charge in [0.05, 0.1) is 26.4 Å². The number of ether oxygens (including phenoxy) is 4. The van der Waals surface area contributed by atoms with E-state index < -0.39 is 97.5 Å². The Hall–Kier alpha value is -2.46. The minimum atomic E-state index is -4.97. The highest BCUT2D eigenvalue weighted by Gasteiger charge is 2.30. The highest BCUT2D eigenvalue weighted by atomic mass is 31.2. The van der Waals surface area contributed by atoms with E-state index in [4.69, 9.17) is 37.0 Å². The van der Waals surface area contributed by atoms with Gasteiger partial charge in [-0.2, -0.15) is 0 Å². The average Bonchev–Trinajstić information content (AvgIpc) is 0.904. The minimum Gasteiger partial charge on any atom is -0.462 e. The van der Waals surface area contributed by atoms with Gasteiger partial charge in [-0.3, -0.25) is 37.3 Å². The summed E-state index contributed by atoms with van der Waals surface area (Å²) >= 11 is 0. The van der Waals surface area contributed by atoms with Crippen LogP contribution in [0.4, 0.5) is 0 Å². The van der Waals surface area contributed by atoms with Crippen LogP contribution < -0.4 is 0 Å². The number of hydrogen-bond acceptors (Lipinski definition) is 15. The molecule has 0 aliphatic heterocycles. The fraction of sp³-hybridized carbons (Fsp3) is 0.908. The number of unbranched alkanes of at least 4 members (excludes halogenated alkanes) is 46. The molecule has 0 aromatic rings. The predicted octanol–water partition coefficient (Wildman–Crippen LogP) is 26.0. The number of carbonyl (C=O) groups is 4. The van der Waals surface area contributed by atoms with Crippen molar-refractivity contribution in [3.05, 3.63) is 24.3 Å². The Kier molecular flexibility index (Phi) is 74.7. The van der Waals surface area contributed by atoms with Crippen LogP contribution >= 0.6 is 15.6 Å². The van der Waals surface area contributed by atoms with E-state index in [1.54, 1.807) is 0 Å². The van der Waals surface area contributed by atoms with E-state index in [9.17, 15) is 43.2 Å². The first-order chi connectivity index (χ1) is 51.3. The van der Waals surface area contributed by atoms with Crippen LogP contribution in [0, 0.1) is 17.8 Å². The fourth-order valence-electron chi connectivity index (χ4n) is 12.9. The molecule has 7 atom stereocenters. The van der Waals surface area contributed by atoms with Crippen molar-refractivity contribution in [1.82, 2.24) is 0 Å². The molecular weight excluding hydrogens is 1380 g/mol. The largest absolute Gasteiger partial charge is 0.472 e. The molecule has 0 fully saturated rings. The molecule has 0 aromatic carbocycles. The zero-order chi connectivity index (χ0) is 77.9. The van der Waals surface area contributed by atoms with E-state index >= 15 is 0 Å². The van der Waals surface area contributed by atoms with Crippen LogP contribution in [0.2, 0.25) is 0 Å². The maximum atomic E-state index is 13.2. The number of aliphatic hydroxyl groups is 1. The Morgan fingerprint density at radius 2 is 0.557 bits per heavy atom. The Bertz CT molecular complexity index is 2140. The van der Waals surface area contributed by atoms with Gasteiger partial charge in [-0.05, 0) is 69.1 Å². The summed E-state index contributed by atoms with van der Waals surface area (Å²) in [4.78, 5) is 73.2. The third-order valence-corrected chi connectivity index (χ3v) is 22.4. The Morgan fingerprint density at radius 1 is 0.311 bits per heavy atom. The number of hydrogen-bond donors (Lipinski definition) is 3. The minimum absolute atomic E-state index is 0.0845. The molecule has 0 spiro atoms. The summed E-state index contributed by atoms with van der Waals surface area (Å²) in [6, 6.07) is 0. The highest BCUT2D eigenvalue weighted by molar-refractivity contribution is 7.47. The van der Waals surface area contributed by atoms with E-state index in [2.05, 4.69) is 72.8 Å². The van der Waals surface area contributed by atoms with Crippen molar-refractivity contribution < 1.29 is 80.2 Å². The summed E-state index contributed by atoms with van der Waals surface area (Å²) in [5.74, 6) is 0.307. The standard InChI is InChI=1S/C87H166O17P2/c1-8-11-12-13-14-15-16-17-22-30-35-40-49-56-63-70-87(92)104-83(75-98-85(90)69-62-55-48-43-42-44-51-58-65-78(4)5)77-102-106(95,96)100-73-81(88)72-99-105(93,94)101-76-82(74-97-84(89)68-61-54-47-39-34-29-26-25-28-33-38-46-53-60-67-80(7)10-3)103-86(91)71-64-57-50-41-36-31-24-21-19-18-20-23-27-32-37-45-52-59-66-79(6)9-2/h15-17,22,78-83,88H,8-14,18-21,23-77H2,1-7H3,(H,93,94)(H,95,96)/b16-15-,22-17-/t79?,80?,81-,82-,83-/m1/s1. The lowest BCUT2D eigenvalue weighted by atomic mass is 9.99. The summed E-state index contributed by atoms with van der Waals surface area (Å²) in [5.41, 5.74) is 0. The van der Waals surface area contributed by atoms with Gasteiger partial charge < -0.3 is 33.8 Å². The second kappa shape index (κ2) is 76.5. The molecule has 0 aliphatic rings. The Labute approximate surface area is 650 Å². The molecule has 0 radical (unpaired) electrons. The van der Waals surface area contributed by atoms with Gasteiger partial charge in [0.2, 0.25) is 0 Å². The molecule has 17 nitrogen and oxygen atoms in total. The van der Waals surface area contributed by atoms with Gasteiger partial charge in [0.1, 0.15) is 19.3 Å². The fourth-order valence-corrected chi connectivity index (χ4v) is 14.5. The Morgan fingerprint density at radius 3 is 0.840 bits per heavy atom. The molecular formula is C87H166O17P2. The van der Waals surface area contributed by atoms with E-state index in [-0.39, 0.29) is 25.7 Å². The molecule has 0 amide bonds. The Balaban J connectivity index is 5.27. The number of phosphoric acid groups is 2. The van der Waals surface area contributed by atoms with Crippen molar-refractivity contribution in [2.75, 3.05) is 39.6 Å². The summed E-state index contributed by atoms with van der Waals surface area (Å²) in [6.07, 6.45) is 70.2. The van der Waals surface area contributed by atoms with Crippen LogP contribution in [0.25, 0.3) is 0 Å². The summed E-state index contributed by atoms with van der Waals surface area (Å²) in [5, 5.41) is 10.7. The van der Waals surface area contributed by atoms with Crippen LogP contribution in [-0.4, -0.2) is 96.7 Å². The molecule has 106 heavy (non-hydrogen) atoms. The summed E-state index contributed by atoms with van der Waals surface area (Å²) in [7, 11) is -9.94. The molecule has 0 bridgehead atoms. The first-order valence-electron chi connectivity index (χ1n) is 44.2. The van der Waals surface area contributed by atoms with E-state index in [0.29, 0.717) is 25.7 Å². The summed E-state index contributed by atoms with van der Waals surface area (Å²) in [6.45, 7) is 12.0. The van der Waals surface area contributed by atoms with Crippen LogP contribution in [0.15, 0.2) is 24.3 Å². The molecule has 4 unspecified atom stereocenters. The van der Waals surface area contributed by atoms with Crippen molar-refractivity contribution in [3.8, 4) is 0 Å². The van der Waals surface area contributed by atoms with E-state index in [1.807, 2.05) is 0 Å². The quantitative estimate of drug-likeness (QED) is 0.0169. The third kappa shape index (κ3) is 76.9. The number of esters is 4. The first kappa shape index (κ1) is 104. The van der Waals surface area contributed by atoms with E-state index in [0.717, 1.165) is 127 Å². The van der Waals surface area contributed by atoms with Crippen LogP contribution in [0.3, 0.4) is 0 Å². The van der Waals surface area contributed by atoms with Crippen molar-refractivity contribution in [2.45, 2.75) is 452 Å². The maximum Gasteiger partial charge on any atom is 0.472 e. The molecule has 0 rings (SSSR count). The zero-order valence-corrected chi connectivity index (χ0v) is 71.2. The monoisotopic (exact) mass is 1550 g/mol. The lowest BCUT2D eigenvalue weighted by Gasteiger charge is -2.21.